The molecule has 0 radical (unpaired) electrons. The lowest BCUT2D eigenvalue weighted by Crippen LogP contribution is -2.37. The van der Waals surface area contributed by atoms with Crippen molar-refractivity contribution in [1.29, 1.82) is 0 Å². The maximum absolute atomic E-state index is 13.3. The first-order valence-electron chi connectivity index (χ1n) is 6.24. The molecular weight excluding hydrogens is 254 g/mol. The van der Waals surface area contributed by atoms with Crippen molar-refractivity contribution in [3.63, 3.8) is 0 Å². The van der Waals surface area contributed by atoms with Crippen molar-refractivity contribution in [2.75, 3.05) is 32.8 Å². The zero-order chi connectivity index (χ0) is 13.7. The van der Waals surface area contributed by atoms with Gasteiger partial charge in [0.25, 0.3) is 5.91 Å². The molecule has 6 heteroatoms. The Hall–Kier alpha value is -1.69. The monoisotopic (exact) mass is 270 g/mol. The Morgan fingerprint density at radius 3 is 2.74 bits per heavy atom. The molecule has 0 unspecified atom stereocenters. The van der Waals surface area contributed by atoms with E-state index in [0.717, 1.165) is 31.6 Å². The Bertz CT molecular complexity index is 426. The topological polar surface area (TPSA) is 41.6 Å². The van der Waals surface area contributed by atoms with Crippen LogP contribution >= 0.6 is 0 Å². The summed E-state index contributed by atoms with van der Waals surface area (Å²) in [5, 5.41) is 3.17. The second-order valence-corrected chi connectivity index (χ2v) is 4.32. The maximum atomic E-state index is 13.3. The fourth-order valence-electron chi connectivity index (χ4n) is 1.94. The van der Waals surface area contributed by atoms with Crippen molar-refractivity contribution in [2.45, 2.75) is 6.42 Å². The number of carbonyl (C=O) groups excluding carboxylic acids is 1. The first-order chi connectivity index (χ1) is 9.18. The van der Waals surface area contributed by atoms with Gasteiger partial charge in [0.1, 0.15) is 0 Å². The van der Waals surface area contributed by atoms with Crippen LogP contribution in [0.2, 0.25) is 0 Å². The van der Waals surface area contributed by atoms with Gasteiger partial charge in [-0.2, -0.15) is 0 Å². The van der Waals surface area contributed by atoms with E-state index in [1.165, 1.54) is 6.07 Å². The Morgan fingerprint density at radius 2 is 2.00 bits per heavy atom. The molecule has 1 aliphatic heterocycles. The lowest BCUT2D eigenvalue weighted by atomic mass is 10.3. The number of nitrogens with one attached hydrogen (secondary N) is 1. The van der Waals surface area contributed by atoms with Crippen LogP contribution in [0.5, 0.6) is 5.75 Å². The van der Waals surface area contributed by atoms with Crippen LogP contribution in [-0.2, 0) is 4.79 Å². The van der Waals surface area contributed by atoms with E-state index in [1.54, 1.807) is 4.90 Å². The summed E-state index contributed by atoms with van der Waals surface area (Å²) in [6.07, 6.45) is 0.861. The molecule has 19 heavy (non-hydrogen) atoms. The Kier molecular flexibility index (Phi) is 4.68. The molecule has 1 aromatic carbocycles. The van der Waals surface area contributed by atoms with Gasteiger partial charge in [-0.05, 0) is 25.1 Å². The lowest BCUT2D eigenvalue weighted by molar-refractivity contribution is -0.133. The van der Waals surface area contributed by atoms with Gasteiger partial charge in [-0.25, -0.2) is 8.78 Å². The molecule has 1 fully saturated rings. The van der Waals surface area contributed by atoms with Crippen molar-refractivity contribution in [3.05, 3.63) is 29.8 Å². The quantitative estimate of drug-likeness (QED) is 0.896. The number of hydrogen-bond donors (Lipinski definition) is 1. The van der Waals surface area contributed by atoms with Crippen LogP contribution in [0.25, 0.3) is 0 Å². The average molecular weight is 270 g/mol. The summed E-state index contributed by atoms with van der Waals surface area (Å²) in [4.78, 5) is 13.5. The number of carbonyl (C=O) groups is 1. The number of para-hydroxylation sites is 1. The van der Waals surface area contributed by atoms with Gasteiger partial charge in [0.15, 0.2) is 24.0 Å². The average Bonchev–Trinajstić information content (AvgIpc) is 2.66. The molecule has 0 bridgehead atoms. The van der Waals surface area contributed by atoms with E-state index < -0.39 is 17.4 Å². The number of nitrogens with zero attached hydrogens (tertiary/aromatic N) is 1. The number of halogens is 2. The van der Waals surface area contributed by atoms with E-state index in [-0.39, 0.29) is 12.5 Å². The number of ether oxygens (including phenoxy) is 1. The van der Waals surface area contributed by atoms with Crippen LogP contribution in [0.1, 0.15) is 6.42 Å². The molecule has 1 saturated heterocycles. The molecule has 0 spiro atoms. The number of benzene rings is 1. The third-order valence-corrected chi connectivity index (χ3v) is 2.95. The predicted octanol–water partition coefficient (Wildman–Crippen LogP) is 1.17. The molecule has 0 aromatic heterocycles. The van der Waals surface area contributed by atoms with Crippen LogP contribution in [-0.4, -0.2) is 43.6 Å². The van der Waals surface area contributed by atoms with Crippen LogP contribution < -0.4 is 10.1 Å². The highest BCUT2D eigenvalue weighted by molar-refractivity contribution is 5.77. The Labute approximate surface area is 110 Å². The molecular formula is C13H16F2N2O2. The van der Waals surface area contributed by atoms with Crippen molar-refractivity contribution in [2.24, 2.45) is 0 Å². The summed E-state index contributed by atoms with van der Waals surface area (Å²) in [6.45, 7) is 2.46. The molecule has 1 N–H and O–H groups in total. The highest BCUT2D eigenvalue weighted by Gasteiger charge is 2.17. The molecule has 1 heterocycles. The molecule has 1 aromatic rings. The summed E-state index contributed by atoms with van der Waals surface area (Å²) in [7, 11) is 0. The summed E-state index contributed by atoms with van der Waals surface area (Å²) in [5.74, 6) is -2.36. The fourth-order valence-corrected chi connectivity index (χ4v) is 1.94. The van der Waals surface area contributed by atoms with Crippen molar-refractivity contribution in [3.8, 4) is 5.75 Å². The van der Waals surface area contributed by atoms with Gasteiger partial charge in [-0.3, -0.25) is 4.79 Å². The summed E-state index contributed by atoms with van der Waals surface area (Å²) in [6, 6.07) is 3.44. The summed E-state index contributed by atoms with van der Waals surface area (Å²) in [5.41, 5.74) is 0. The van der Waals surface area contributed by atoms with Crippen LogP contribution in [0.3, 0.4) is 0 Å². The summed E-state index contributed by atoms with van der Waals surface area (Å²) >= 11 is 0. The van der Waals surface area contributed by atoms with Gasteiger partial charge in [0.05, 0.1) is 0 Å². The second kappa shape index (κ2) is 6.47. The SMILES string of the molecule is O=C(COc1c(F)cccc1F)N1CCCNCC1. The third-order valence-electron chi connectivity index (χ3n) is 2.95. The minimum absolute atomic E-state index is 0.258. The maximum Gasteiger partial charge on any atom is 0.260 e. The molecule has 104 valence electrons. The van der Waals surface area contributed by atoms with E-state index in [0.29, 0.717) is 13.1 Å². The van der Waals surface area contributed by atoms with E-state index in [1.807, 2.05) is 0 Å². The number of hydrogen-bond acceptors (Lipinski definition) is 3. The van der Waals surface area contributed by atoms with Gasteiger partial charge < -0.3 is 15.0 Å². The molecule has 0 aliphatic carbocycles. The first-order valence-corrected chi connectivity index (χ1v) is 6.24. The molecule has 2 rings (SSSR count). The highest BCUT2D eigenvalue weighted by atomic mass is 19.1. The van der Waals surface area contributed by atoms with Gasteiger partial charge in [0.2, 0.25) is 0 Å². The van der Waals surface area contributed by atoms with Gasteiger partial charge in [0, 0.05) is 19.6 Å². The van der Waals surface area contributed by atoms with Crippen LogP contribution in [0.4, 0.5) is 8.78 Å². The normalized spacial score (nSPS) is 16.0. The summed E-state index contributed by atoms with van der Waals surface area (Å²) < 4.78 is 31.6. The minimum Gasteiger partial charge on any atom is -0.478 e. The minimum atomic E-state index is -0.801. The van der Waals surface area contributed by atoms with Crippen molar-refractivity contribution < 1.29 is 18.3 Å². The Balaban J connectivity index is 1.92. The second-order valence-electron chi connectivity index (χ2n) is 4.32. The molecule has 1 amide bonds. The van der Waals surface area contributed by atoms with Crippen LogP contribution in [0, 0.1) is 11.6 Å². The first kappa shape index (κ1) is 13.7. The van der Waals surface area contributed by atoms with Gasteiger partial charge in [-0.15, -0.1) is 0 Å². The number of rotatable bonds is 3. The molecule has 1 aliphatic rings. The molecule has 4 nitrogen and oxygen atoms in total. The predicted molar refractivity (Wildman–Crippen MR) is 65.9 cm³/mol. The van der Waals surface area contributed by atoms with E-state index in [4.69, 9.17) is 4.74 Å². The lowest BCUT2D eigenvalue weighted by Gasteiger charge is -2.20. The smallest absolute Gasteiger partial charge is 0.260 e. The van der Waals surface area contributed by atoms with E-state index in [9.17, 15) is 13.6 Å². The number of amides is 1. The van der Waals surface area contributed by atoms with Crippen molar-refractivity contribution in [1.82, 2.24) is 10.2 Å². The Morgan fingerprint density at radius 1 is 1.26 bits per heavy atom. The van der Waals surface area contributed by atoms with Crippen molar-refractivity contribution >= 4 is 5.91 Å². The highest BCUT2D eigenvalue weighted by Crippen LogP contribution is 2.20. The zero-order valence-corrected chi connectivity index (χ0v) is 10.5. The van der Waals surface area contributed by atoms with E-state index in [2.05, 4.69) is 5.32 Å². The largest absolute Gasteiger partial charge is 0.478 e. The zero-order valence-electron chi connectivity index (χ0n) is 10.5. The van der Waals surface area contributed by atoms with Crippen LogP contribution in [0.15, 0.2) is 18.2 Å². The van der Waals surface area contributed by atoms with Gasteiger partial charge in [-0.1, -0.05) is 6.07 Å². The molecule has 0 saturated carbocycles. The third kappa shape index (κ3) is 3.64. The fraction of sp³-hybridized carbons (Fsp3) is 0.462. The standard InChI is InChI=1S/C13H16F2N2O2/c14-10-3-1-4-11(15)13(10)19-9-12(18)17-7-2-5-16-6-8-17/h1,3-4,16H,2,5-9H2. The van der Waals surface area contributed by atoms with Gasteiger partial charge >= 0.3 is 0 Å². The van der Waals surface area contributed by atoms with E-state index >= 15 is 0 Å². The molecule has 0 atom stereocenters.